The van der Waals surface area contributed by atoms with Crippen LogP contribution in [0.25, 0.3) is 11.2 Å². The predicted octanol–water partition coefficient (Wildman–Crippen LogP) is -1.43. The summed E-state index contributed by atoms with van der Waals surface area (Å²) in [7, 11) is 4.05. The largest absolute Gasteiger partial charge is 0.468 e. The van der Waals surface area contributed by atoms with Crippen molar-refractivity contribution in [1.82, 2.24) is 18.7 Å². The highest BCUT2D eigenvalue weighted by Gasteiger charge is 2.24. The van der Waals surface area contributed by atoms with E-state index in [0.29, 0.717) is 0 Å². The predicted molar refractivity (Wildman–Crippen MR) is 86.7 cm³/mol. The van der Waals surface area contributed by atoms with Crippen molar-refractivity contribution < 1.29 is 14.3 Å². The number of fused-ring (bicyclic) bond motifs is 1. The van der Waals surface area contributed by atoms with Crippen molar-refractivity contribution in [3.8, 4) is 0 Å². The van der Waals surface area contributed by atoms with Crippen LogP contribution in [0, 0.1) is 0 Å². The Morgan fingerprint density at radius 3 is 2.46 bits per heavy atom. The van der Waals surface area contributed by atoms with Crippen LogP contribution in [0.3, 0.4) is 0 Å². The number of nitrogens with zero attached hydrogens (tertiary/aromatic N) is 4. The topological polar surface area (TPSA) is 131 Å². The van der Waals surface area contributed by atoms with E-state index in [9.17, 15) is 19.2 Å². The normalized spacial score (nSPS) is 12.3. The maximum Gasteiger partial charge on any atom is 0.332 e. The molecule has 0 radical (unpaired) electrons. The van der Waals surface area contributed by atoms with Crippen molar-refractivity contribution in [1.29, 1.82) is 0 Å². The third-order valence-corrected chi connectivity index (χ3v) is 4.51. The summed E-state index contributed by atoms with van der Waals surface area (Å²) in [6, 6.07) is 0. The molecule has 11 heteroatoms. The second-order valence-electron chi connectivity index (χ2n) is 5.11. The van der Waals surface area contributed by atoms with Gasteiger partial charge in [0.25, 0.3) is 5.56 Å². The minimum atomic E-state index is -0.683. The number of aryl methyl sites for hydroxylation is 1. The number of aromatic nitrogens is 4. The zero-order valence-corrected chi connectivity index (χ0v) is 14.4. The average Bonchev–Trinajstić information content (AvgIpc) is 2.87. The van der Waals surface area contributed by atoms with Gasteiger partial charge in [0, 0.05) is 14.1 Å². The number of carbonyl (C=O) groups is 2. The van der Waals surface area contributed by atoms with E-state index < -0.39 is 28.4 Å². The zero-order valence-electron chi connectivity index (χ0n) is 13.6. The van der Waals surface area contributed by atoms with Crippen LogP contribution in [-0.2, 0) is 35.0 Å². The highest BCUT2D eigenvalue weighted by Crippen LogP contribution is 2.26. The van der Waals surface area contributed by atoms with Crippen LogP contribution >= 0.6 is 11.8 Å². The van der Waals surface area contributed by atoms with Gasteiger partial charge in [0.2, 0.25) is 5.91 Å². The van der Waals surface area contributed by atoms with Gasteiger partial charge in [-0.15, -0.1) is 0 Å². The number of primary amides is 1. The Morgan fingerprint density at radius 2 is 1.92 bits per heavy atom. The lowest BCUT2D eigenvalue weighted by molar-refractivity contribution is -0.139. The lowest BCUT2D eigenvalue weighted by Gasteiger charge is -2.10. The fourth-order valence-electron chi connectivity index (χ4n) is 2.19. The van der Waals surface area contributed by atoms with Gasteiger partial charge < -0.3 is 15.0 Å². The number of hydrogen-bond acceptors (Lipinski definition) is 7. The second-order valence-corrected chi connectivity index (χ2v) is 6.42. The molecule has 0 unspecified atom stereocenters. The second kappa shape index (κ2) is 6.51. The van der Waals surface area contributed by atoms with E-state index in [4.69, 9.17) is 5.73 Å². The number of hydrogen-bond donors (Lipinski definition) is 1. The van der Waals surface area contributed by atoms with E-state index in [0.717, 1.165) is 16.3 Å². The molecule has 0 aliphatic carbocycles. The summed E-state index contributed by atoms with van der Waals surface area (Å²) in [6.45, 7) is 1.29. The van der Waals surface area contributed by atoms with Crippen molar-refractivity contribution in [2.45, 2.75) is 23.9 Å². The molecular formula is C13H17N5O5S. The summed E-state index contributed by atoms with van der Waals surface area (Å²) in [6.07, 6.45) is 0. The summed E-state index contributed by atoms with van der Waals surface area (Å²) in [5.41, 5.74) is 4.29. The van der Waals surface area contributed by atoms with Crippen molar-refractivity contribution >= 4 is 34.8 Å². The molecule has 0 aliphatic rings. The maximum atomic E-state index is 12.4. The van der Waals surface area contributed by atoms with E-state index in [1.807, 2.05) is 0 Å². The van der Waals surface area contributed by atoms with Crippen LogP contribution in [0.2, 0.25) is 0 Å². The molecule has 0 fully saturated rings. The number of imidazole rings is 1. The number of ether oxygens (including phenoxy) is 1. The molecule has 0 spiro atoms. The van der Waals surface area contributed by atoms with Crippen molar-refractivity contribution in [3.63, 3.8) is 0 Å². The zero-order chi connectivity index (χ0) is 18.2. The van der Waals surface area contributed by atoms with Crippen LogP contribution in [0.5, 0.6) is 0 Å². The maximum absolute atomic E-state index is 12.4. The third kappa shape index (κ3) is 2.94. The molecule has 0 saturated carbocycles. The minimum absolute atomic E-state index is 0.0676. The van der Waals surface area contributed by atoms with Gasteiger partial charge in [-0.1, -0.05) is 11.8 Å². The van der Waals surface area contributed by atoms with Gasteiger partial charge >= 0.3 is 11.7 Å². The Bertz CT molecular complexity index is 941. The summed E-state index contributed by atoms with van der Waals surface area (Å²) >= 11 is 1.01. The van der Waals surface area contributed by atoms with E-state index in [1.165, 1.54) is 30.3 Å². The summed E-state index contributed by atoms with van der Waals surface area (Å²) in [5, 5.41) is -0.403. The first-order valence-electron chi connectivity index (χ1n) is 6.88. The molecule has 2 heterocycles. The van der Waals surface area contributed by atoms with Gasteiger partial charge in [-0.2, -0.15) is 0 Å². The number of esters is 1. The molecule has 2 aromatic rings. The number of thioether (sulfide) groups is 1. The number of rotatable bonds is 5. The molecule has 130 valence electrons. The molecule has 24 heavy (non-hydrogen) atoms. The smallest absolute Gasteiger partial charge is 0.332 e. The Morgan fingerprint density at radius 1 is 1.29 bits per heavy atom. The first-order valence-corrected chi connectivity index (χ1v) is 7.76. The Hall–Kier alpha value is -2.56. The molecule has 2 rings (SSSR count). The molecule has 10 nitrogen and oxygen atoms in total. The van der Waals surface area contributed by atoms with Crippen LogP contribution in [0.4, 0.5) is 0 Å². The minimum Gasteiger partial charge on any atom is -0.468 e. The van der Waals surface area contributed by atoms with Gasteiger partial charge in [-0.3, -0.25) is 23.5 Å². The summed E-state index contributed by atoms with van der Waals surface area (Å²) in [4.78, 5) is 51.7. The van der Waals surface area contributed by atoms with Gasteiger partial charge in [0.15, 0.2) is 16.3 Å². The number of amides is 1. The molecule has 1 atom stereocenters. The van der Waals surface area contributed by atoms with Crippen LogP contribution in [0.1, 0.15) is 6.92 Å². The van der Waals surface area contributed by atoms with E-state index in [-0.39, 0.29) is 22.9 Å². The first-order chi connectivity index (χ1) is 11.2. The Labute approximate surface area is 140 Å². The number of nitrogens with two attached hydrogens (primary N) is 1. The van der Waals surface area contributed by atoms with Crippen molar-refractivity contribution in [2.24, 2.45) is 19.8 Å². The summed E-state index contributed by atoms with van der Waals surface area (Å²) < 4.78 is 8.08. The van der Waals surface area contributed by atoms with Crippen LogP contribution < -0.4 is 17.0 Å². The van der Waals surface area contributed by atoms with E-state index in [1.54, 1.807) is 6.92 Å². The lowest BCUT2D eigenvalue weighted by atomic mass is 10.5. The standard InChI is InChI=1S/C13H17N5O5S/c1-6(11(21)23-4)24-12-15-9-8(18(12)5-7(14)19)10(20)17(3)13(22)16(9)2/h6H,5H2,1-4H3,(H2,14,19)/t6-/m0/s1. The highest BCUT2D eigenvalue weighted by molar-refractivity contribution is 8.00. The molecular weight excluding hydrogens is 338 g/mol. The van der Waals surface area contributed by atoms with Gasteiger partial charge in [-0.05, 0) is 6.92 Å². The SMILES string of the molecule is COC(=O)[C@H](C)Sc1nc2c(c(=O)n(C)c(=O)n2C)n1CC(N)=O. The van der Waals surface area contributed by atoms with Crippen LogP contribution in [-0.4, -0.2) is 42.9 Å². The molecule has 0 aliphatic heterocycles. The monoisotopic (exact) mass is 355 g/mol. The fourth-order valence-corrected chi connectivity index (χ4v) is 3.12. The first kappa shape index (κ1) is 17.8. The Kier molecular flexibility index (Phi) is 4.83. The van der Waals surface area contributed by atoms with Gasteiger partial charge in [-0.25, -0.2) is 9.78 Å². The van der Waals surface area contributed by atoms with E-state index in [2.05, 4.69) is 9.72 Å². The Balaban J connectivity index is 2.76. The van der Waals surface area contributed by atoms with Crippen molar-refractivity contribution in [3.05, 3.63) is 20.8 Å². The van der Waals surface area contributed by atoms with Crippen molar-refractivity contribution in [2.75, 3.05) is 7.11 Å². The molecule has 2 N–H and O–H groups in total. The number of carbonyl (C=O) groups excluding carboxylic acids is 2. The van der Waals surface area contributed by atoms with Gasteiger partial charge in [0.1, 0.15) is 11.8 Å². The molecule has 1 amide bonds. The van der Waals surface area contributed by atoms with Crippen LogP contribution in [0.15, 0.2) is 14.7 Å². The molecule has 0 saturated heterocycles. The average molecular weight is 355 g/mol. The third-order valence-electron chi connectivity index (χ3n) is 3.44. The van der Waals surface area contributed by atoms with Gasteiger partial charge in [0.05, 0.1) is 7.11 Å². The quantitative estimate of drug-likeness (QED) is 0.514. The van der Waals surface area contributed by atoms with E-state index >= 15 is 0 Å². The fraction of sp³-hybridized carbons (Fsp3) is 0.462. The molecule has 0 bridgehead atoms. The lowest BCUT2D eigenvalue weighted by Crippen LogP contribution is -2.38. The highest BCUT2D eigenvalue weighted by atomic mass is 32.2. The molecule has 2 aromatic heterocycles. The molecule has 0 aromatic carbocycles. The number of methoxy groups -OCH3 is 1. The summed E-state index contributed by atoms with van der Waals surface area (Å²) in [5.74, 6) is -1.17.